The van der Waals surface area contributed by atoms with Gasteiger partial charge in [0.1, 0.15) is 6.54 Å². The summed E-state index contributed by atoms with van der Waals surface area (Å²) in [6.07, 6.45) is 4.89. The molecule has 2 aliphatic heterocycles. The van der Waals surface area contributed by atoms with Gasteiger partial charge in [-0.3, -0.25) is 14.3 Å². The maximum Gasteiger partial charge on any atom is 0.274 e. The van der Waals surface area contributed by atoms with Gasteiger partial charge < -0.3 is 14.7 Å². The third-order valence-corrected chi connectivity index (χ3v) is 8.29. The lowest BCUT2D eigenvalue weighted by molar-refractivity contribution is -0.132. The molecule has 188 valence electrons. The summed E-state index contributed by atoms with van der Waals surface area (Å²) in [5, 5.41) is 4.79. The van der Waals surface area contributed by atoms with Crippen LogP contribution in [0.2, 0.25) is 0 Å². The van der Waals surface area contributed by atoms with Crippen molar-refractivity contribution in [1.29, 1.82) is 0 Å². The van der Waals surface area contributed by atoms with Crippen LogP contribution in [-0.2, 0) is 24.2 Å². The minimum absolute atomic E-state index is 0.0480. The van der Waals surface area contributed by atoms with Gasteiger partial charge in [0, 0.05) is 56.2 Å². The van der Waals surface area contributed by atoms with Gasteiger partial charge in [0.15, 0.2) is 5.69 Å². The van der Waals surface area contributed by atoms with Gasteiger partial charge in [0.25, 0.3) is 5.91 Å². The number of amides is 2. The Hall–Kier alpha value is -2.83. The average molecular weight is 478 g/mol. The number of aryl methyl sites for hydroxylation is 1. The Bertz CT molecular complexity index is 1120. The summed E-state index contributed by atoms with van der Waals surface area (Å²) in [6, 6.07) is 6.43. The molecule has 1 aliphatic carbocycles. The van der Waals surface area contributed by atoms with Crippen LogP contribution in [0.15, 0.2) is 18.2 Å². The number of anilines is 1. The van der Waals surface area contributed by atoms with E-state index < -0.39 is 0 Å². The van der Waals surface area contributed by atoms with Crippen LogP contribution in [0.4, 0.5) is 5.69 Å². The van der Waals surface area contributed by atoms with Crippen LogP contribution in [-0.4, -0.2) is 70.7 Å². The molecule has 35 heavy (non-hydrogen) atoms. The topological polar surface area (TPSA) is 61.7 Å². The molecule has 0 N–H and O–H groups in total. The summed E-state index contributed by atoms with van der Waals surface area (Å²) in [5.41, 5.74) is 6.79. The van der Waals surface area contributed by atoms with Crippen LogP contribution in [0.25, 0.3) is 0 Å². The number of nitrogens with zero attached hydrogens (tertiary/aromatic N) is 5. The fourth-order valence-corrected chi connectivity index (χ4v) is 5.88. The first kappa shape index (κ1) is 23.9. The Morgan fingerprint density at radius 3 is 2.40 bits per heavy atom. The number of hydrogen-bond donors (Lipinski definition) is 0. The number of fused-ring (bicyclic) bond motifs is 1. The number of aromatic nitrogens is 2. The molecule has 0 saturated carbocycles. The van der Waals surface area contributed by atoms with Gasteiger partial charge in [-0.25, -0.2) is 0 Å². The summed E-state index contributed by atoms with van der Waals surface area (Å²) in [4.78, 5) is 32.9. The number of carbonyl (C=O) groups excluding carboxylic acids is 2. The van der Waals surface area contributed by atoms with Crippen LogP contribution < -0.4 is 4.90 Å². The van der Waals surface area contributed by atoms with Crippen molar-refractivity contribution in [2.24, 2.45) is 5.41 Å². The van der Waals surface area contributed by atoms with E-state index >= 15 is 0 Å². The van der Waals surface area contributed by atoms with Gasteiger partial charge in [-0.2, -0.15) is 5.10 Å². The highest BCUT2D eigenvalue weighted by Crippen LogP contribution is 2.37. The number of hydrogen-bond acceptors (Lipinski definition) is 4. The monoisotopic (exact) mass is 477 g/mol. The lowest BCUT2D eigenvalue weighted by Gasteiger charge is -2.37. The van der Waals surface area contributed by atoms with E-state index in [0.717, 1.165) is 69.5 Å². The van der Waals surface area contributed by atoms with E-state index in [-0.39, 0.29) is 23.8 Å². The van der Waals surface area contributed by atoms with E-state index in [1.165, 1.54) is 16.8 Å². The van der Waals surface area contributed by atoms with Gasteiger partial charge >= 0.3 is 0 Å². The maximum atomic E-state index is 13.4. The van der Waals surface area contributed by atoms with Crippen LogP contribution in [0.3, 0.4) is 0 Å². The van der Waals surface area contributed by atoms with E-state index in [2.05, 4.69) is 50.8 Å². The number of piperazine rings is 1. The molecule has 0 bridgehead atoms. The van der Waals surface area contributed by atoms with E-state index in [1.807, 2.05) is 14.5 Å². The van der Waals surface area contributed by atoms with Crippen LogP contribution >= 0.6 is 0 Å². The molecular weight excluding hydrogens is 438 g/mol. The standard InChI is InChI=1S/C28H39N5O2/c1-20-8-7-9-23(21(20)2)30-14-16-31(17-15-30)25(34)19-33-24-18-28(3,4)11-10-22(24)26(29-33)27(35)32-12-5-6-13-32/h7-9H,5-6,10-19H2,1-4H3. The second-order valence-electron chi connectivity index (χ2n) is 11.4. The number of benzene rings is 1. The predicted molar refractivity (Wildman–Crippen MR) is 138 cm³/mol. The van der Waals surface area contributed by atoms with Gasteiger partial charge in [-0.05, 0) is 68.6 Å². The maximum absolute atomic E-state index is 13.4. The van der Waals surface area contributed by atoms with Crippen molar-refractivity contribution in [2.75, 3.05) is 44.2 Å². The molecule has 5 rings (SSSR count). The Morgan fingerprint density at radius 2 is 1.69 bits per heavy atom. The third kappa shape index (κ3) is 4.69. The summed E-state index contributed by atoms with van der Waals surface area (Å²) in [5.74, 6) is 0.145. The third-order valence-electron chi connectivity index (χ3n) is 8.29. The molecule has 0 unspecified atom stereocenters. The fraction of sp³-hybridized carbons (Fsp3) is 0.607. The van der Waals surface area contributed by atoms with E-state index in [9.17, 15) is 9.59 Å². The number of likely N-dealkylation sites (tertiary alicyclic amines) is 1. The first-order chi connectivity index (χ1) is 16.7. The molecule has 7 heteroatoms. The lowest BCUT2D eigenvalue weighted by Crippen LogP contribution is -2.50. The van der Waals surface area contributed by atoms with Crippen molar-refractivity contribution < 1.29 is 9.59 Å². The van der Waals surface area contributed by atoms with Gasteiger partial charge in [-0.1, -0.05) is 26.0 Å². The number of carbonyl (C=O) groups is 2. The molecule has 2 saturated heterocycles. The van der Waals surface area contributed by atoms with Crippen LogP contribution in [0.1, 0.15) is 66.0 Å². The summed E-state index contributed by atoms with van der Waals surface area (Å²) < 4.78 is 1.86. The van der Waals surface area contributed by atoms with Crippen molar-refractivity contribution in [3.8, 4) is 0 Å². The minimum atomic E-state index is 0.0480. The molecule has 7 nitrogen and oxygen atoms in total. The zero-order valence-corrected chi connectivity index (χ0v) is 21.8. The molecular formula is C28H39N5O2. The first-order valence-corrected chi connectivity index (χ1v) is 13.2. The SMILES string of the molecule is Cc1cccc(N2CCN(C(=O)Cn3nc(C(=O)N4CCCC4)c4c3CC(C)(C)CC4)CC2)c1C. The molecule has 1 aromatic carbocycles. The summed E-state index contributed by atoms with van der Waals surface area (Å²) >= 11 is 0. The minimum Gasteiger partial charge on any atom is -0.368 e. The van der Waals surface area contributed by atoms with Crippen LogP contribution in [0.5, 0.6) is 0 Å². The molecule has 0 radical (unpaired) electrons. The smallest absolute Gasteiger partial charge is 0.274 e. The molecule has 0 spiro atoms. The highest BCUT2D eigenvalue weighted by molar-refractivity contribution is 5.94. The second-order valence-corrected chi connectivity index (χ2v) is 11.4. The highest BCUT2D eigenvalue weighted by atomic mass is 16.2. The fourth-order valence-electron chi connectivity index (χ4n) is 5.88. The van der Waals surface area contributed by atoms with Crippen molar-refractivity contribution in [3.63, 3.8) is 0 Å². The molecule has 3 heterocycles. The van der Waals surface area contributed by atoms with Crippen molar-refractivity contribution in [3.05, 3.63) is 46.3 Å². The molecule has 1 aromatic heterocycles. The zero-order valence-electron chi connectivity index (χ0n) is 21.8. The molecule has 2 aromatic rings. The molecule has 0 atom stereocenters. The van der Waals surface area contributed by atoms with Crippen LogP contribution in [0, 0.1) is 19.3 Å². The predicted octanol–water partition coefficient (Wildman–Crippen LogP) is 3.60. The van der Waals surface area contributed by atoms with Gasteiger partial charge in [0.05, 0.1) is 0 Å². The largest absolute Gasteiger partial charge is 0.368 e. The molecule has 2 amide bonds. The quantitative estimate of drug-likeness (QED) is 0.675. The van der Waals surface area contributed by atoms with Crippen molar-refractivity contribution in [1.82, 2.24) is 19.6 Å². The lowest BCUT2D eigenvalue weighted by atomic mass is 9.76. The Labute approximate surface area is 209 Å². The normalized spacial score (nSPS) is 19.7. The summed E-state index contributed by atoms with van der Waals surface area (Å²) in [6.45, 7) is 13.8. The zero-order chi connectivity index (χ0) is 24.7. The molecule has 3 aliphatic rings. The molecule has 2 fully saturated rings. The van der Waals surface area contributed by atoms with Gasteiger partial charge in [-0.15, -0.1) is 0 Å². The van der Waals surface area contributed by atoms with E-state index in [0.29, 0.717) is 18.8 Å². The highest BCUT2D eigenvalue weighted by Gasteiger charge is 2.35. The van der Waals surface area contributed by atoms with E-state index in [4.69, 9.17) is 5.10 Å². The number of rotatable bonds is 4. The van der Waals surface area contributed by atoms with Crippen molar-refractivity contribution in [2.45, 2.75) is 66.3 Å². The summed E-state index contributed by atoms with van der Waals surface area (Å²) in [7, 11) is 0. The van der Waals surface area contributed by atoms with Gasteiger partial charge in [0.2, 0.25) is 5.91 Å². The Morgan fingerprint density at radius 1 is 0.971 bits per heavy atom. The Balaban J connectivity index is 1.31. The second kappa shape index (κ2) is 9.32. The van der Waals surface area contributed by atoms with Crippen molar-refractivity contribution >= 4 is 17.5 Å². The first-order valence-electron chi connectivity index (χ1n) is 13.2. The van der Waals surface area contributed by atoms with E-state index in [1.54, 1.807) is 0 Å². The average Bonchev–Trinajstić information content (AvgIpc) is 3.49. The Kier molecular flexibility index (Phi) is 6.36.